The Bertz CT molecular complexity index is 2080. The van der Waals surface area contributed by atoms with E-state index in [1.807, 2.05) is 32.0 Å². The van der Waals surface area contributed by atoms with Crippen molar-refractivity contribution in [2.24, 2.45) is 28.6 Å². The van der Waals surface area contributed by atoms with Gasteiger partial charge in [0.1, 0.15) is 5.82 Å². The number of benzene rings is 1. The number of hydrogen-bond donors (Lipinski definition) is 2. The van der Waals surface area contributed by atoms with Gasteiger partial charge in [0.2, 0.25) is 0 Å². The van der Waals surface area contributed by atoms with Crippen LogP contribution >= 0.6 is 33.9 Å². The molecule has 5 atom stereocenters. The van der Waals surface area contributed by atoms with Crippen molar-refractivity contribution in [3.05, 3.63) is 71.9 Å². The van der Waals surface area contributed by atoms with Crippen LogP contribution in [-0.2, 0) is 19.4 Å². The molecule has 4 aromatic rings. The molecule has 4 aliphatic rings. The van der Waals surface area contributed by atoms with Gasteiger partial charge in [-0.2, -0.15) is 13.2 Å². The Hall–Kier alpha value is -3.00. The van der Waals surface area contributed by atoms with Crippen molar-refractivity contribution in [2.75, 3.05) is 11.9 Å². The average molecular weight is 803 g/mol. The quantitative estimate of drug-likeness (QED) is 0.173. The Kier molecular flexibility index (Phi) is 7.97. The summed E-state index contributed by atoms with van der Waals surface area (Å²) < 4.78 is 43.5. The normalized spacial score (nSPS) is 27.2. The minimum Gasteiger partial charge on any atom is -0.478 e. The smallest absolute Gasteiger partial charge is 0.389 e. The fourth-order valence-corrected chi connectivity index (χ4v) is 12.0. The number of carboxylic acids is 1. The van der Waals surface area contributed by atoms with Gasteiger partial charge in [0.05, 0.1) is 21.5 Å². The molecule has 0 spiro atoms. The molecule has 1 aromatic carbocycles. The molecule has 2 N–H and O–H groups in total. The first kappa shape index (κ1) is 33.2. The Balaban J connectivity index is 1.02. The van der Waals surface area contributed by atoms with Crippen LogP contribution in [0.1, 0.15) is 78.1 Å². The van der Waals surface area contributed by atoms with Crippen molar-refractivity contribution in [3.8, 4) is 11.1 Å². The average Bonchev–Trinajstić information content (AvgIpc) is 3.46. The molecule has 12 heteroatoms. The second kappa shape index (κ2) is 11.8. The number of carboxylic acid groups (broad SMARTS) is 1. The molecule has 0 radical (unpaired) electrons. The number of thiophene rings is 1. The Morgan fingerprint density at radius 3 is 2.73 bits per heavy atom. The van der Waals surface area contributed by atoms with Gasteiger partial charge in [-0.25, -0.2) is 9.78 Å². The SMILES string of the molecule is Cc1cc(-c2cc(I)ccc2NCCn2c(C)nc3c(c2=O)C[C@H](C24CC25CC[C@H]4C[C@H](CC(F)(F)F)C5)CC3)c2scc(C(=O)O)c2n1. The summed E-state index contributed by atoms with van der Waals surface area (Å²) in [5.41, 5.74) is 5.97. The van der Waals surface area contributed by atoms with Crippen LogP contribution in [0.3, 0.4) is 0 Å². The number of aromatic carboxylic acids is 1. The Morgan fingerprint density at radius 1 is 1.16 bits per heavy atom. The first-order valence-electron chi connectivity index (χ1n) is 17.1. The first-order chi connectivity index (χ1) is 23.3. The van der Waals surface area contributed by atoms with Crippen LogP contribution in [0.25, 0.3) is 21.3 Å². The Morgan fingerprint density at radius 2 is 1.98 bits per heavy atom. The third kappa shape index (κ3) is 5.50. The second-order valence-electron chi connectivity index (χ2n) is 14.9. The molecule has 0 amide bonds. The highest BCUT2D eigenvalue weighted by Gasteiger charge is 2.77. The van der Waals surface area contributed by atoms with Crippen LogP contribution in [-0.4, -0.2) is 38.3 Å². The number of pyridine rings is 1. The molecule has 2 unspecified atom stereocenters. The van der Waals surface area contributed by atoms with Gasteiger partial charge in [-0.1, -0.05) is 0 Å². The summed E-state index contributed by atoms with van der Waals surface area (Å²) in [4.78, 5) is 35.4. The first-order valence-corrected chi connectivity index (χ1v) is 19.1. The largest absolute Gasteiger partial charge is 0.478 e. The molecule has 8 rings (SSSR count). The fourth-order valence-electron chi connectivity index (χ4n) is 10.5. The molecule has 3 fully saturated rings. The molecule has 0 aliphatic heterocycles. The van der Waals surface area contributed by atoms with E-state index in [4.69, 9.17) is 4.98 Å². The van der Waals surface area contributed by atoms with Gasteiger partial charge in [-0.05, 0) is 141 Å². The second-order valence-corrected chi connectivity index (χ2v) is 17.0. The van der Waals surface area contributed by atoms with Crippen LogP contribution in [0.2, 0.25) is 0 Å². The van der Waals surface area contributed by atoms with E-state index in [-0.39, 0.29) is 27.9 Å². The lowest BCUT2D eigenvalue weighted by Crippen LogP contribution is -2.40. The number of alkyl halides is 3. The summed E-state index contributed by atoms with van der Waals surface area (Å²) in [5, 5.41) is 14.9. The van der Waals surface area contributed by atoms with Gasteiger partial charge in [-0.3, -0.25) is 14.3 Å². The van der Waals surface area contributed by atoms with Gasteiger partial charge in [0.15, 0.2) is 0 Å². The van der Waals surface area contributed by atoms with E-state index in [2.05, 4.69) is 39.0 Å². The molecule has 7 nitrogen and oxygen atoms in total. The maximum atomic E-state index is 14.1. The van der Waals surface area contributed by atoms with Crippen molar-refractivity contribution in [1.29, 1.82) is 0 Å². The molecule has 2 bridgehead atoms. The zero-order chi connectivity index (χ0) is 34.5. The molecular weight excluding hydrogens is 764 g/mol. The molecule has 258 valence electrons. The van der Waals surface area contributed by atoms with Gasteiger partial charge >= 0.3 is 12.1 Å². The molecule has 3 saturated carbocycles. The number of fused-ring (bicyclic) bond motifs is 2. The van der Waals surface area contributed by atoms with Gasteiger partial charge < -0.3 is 10.4 Å². The van der Waals surface area contributed by atoms with Crippen molar-refractivity contribution in [3.63, 3.8) is 0 Å². The number of aromatic nitrogens is 3. The minimum atomic E-state index is -4.11. The van der Waals surface area contributed by atoms with Crippen LogP contribution < -0.4 is 10.9 Å². The van der Waals surface area contributed by atoms with Crippen LogP contribution in [0, 0.1) is 46.0 Å². The van der Waals surface area contributed by atoms with E-state index in [1.54, 1.807) is 9.95 Å². The van der Waals surface area contributed by atoms with Crippen LogP contribution in [0.5, 0.6) is 0 Å². The van der Waals surface area contributed by atoms with E-state index in [0.717, 1.165) is 74.1 Å². The fraction of sp³-hybridized carbons (Fsp3) is 0.514. The highest BCUT2D eigenvalue weighted by atomic mass is 127. The zero-order valence-corrected chi connectivity index (χ0v) is 30.4. The highest BCUT2D eigenvalue weighted by molar-refractivity contribution is 14.1. The maximum absolute atomic E-state index is 14.1. The molecule has 3 heterocycles. The van der Waals surface area contributed by atoms with Gasteiger partial charge in [0, 0.05) is 56.5 Å². The van der Waals surface area contributed by atoms with E-state index >= 15 is 0 Å². The summed E-state index contributed by atoms with van der Waals surface area (Å²) in [6.07, 6.45) is 2.07. The number of hydrogen-bond acceptors (Lipinski definition) is 6. The van der Waals surface area contributed by atoms with E-state index in [0.29, 0.717) is 55.5 Å². The number of halogens is 4. The standard InChI is InChI=1S/C37H38F3IN4O3S/c1-19-11-26(32-31(43-19)28(17-49-32)34(47)48)25-14-24(41)4-6-29(25)42-9-10-45-20(2)44-30-5-3-22(13-27(30)33(45)46)36-18-35(36)8-7-23(36)12-21(15-35)16-37(38,39)40/h4,6,11,14,17,21-23,42H,3,5,7-10,12-13,15-16,18H2,1-2H3,(H,47,48)/t21-,22+,23-,35?,36?/m0/s1. The van der Waals surface area contributed by atoms with Crippen LogP contribution in [0.4, 0.5) is 18.9 Å². The number of carbonyl (C=O) groups is 1. The van der Waals surface area contributed by atoms with E-state index in [1.165, 1.54) is 11.3 Å². The summed E-state index contributed by atoms with van der Waals surface area (Å²) >= 11 is 3.64. The number of anilines is 1. The lowest BCUT2D eigenvalue weighted by molar-refractivity contribution is -0.149. The molecule has 3 aromatic heterocycles. The van der Waals surface area contributed by atoms with Crippen molar-refractivity contribution >= 4 is 55.8 Å². The summed E-state index contributed by atoms with van der Waals surface area (Å²) in [5.74, 6) is 0.0918. The molecule has 0 saturated heterocycles. The zero-order valence-electron chi connectivity index (χ0n) is 27.4. The lowest BCUT2D eigenvalue weighted by Gasteiger charge is -2.42. The maximum Gasteiger partial charge on any atom is 0.389 e. The lowest BCUT2D eigenvalue weighted by atomic mass is 9.63. The van der Waals surface area contributed by atoms with Crippen molar-refractivity contribution in [2.45, 2.75) is 84.4 Å². The summed E-state index contributed by atoms with van der Waals surface area (Å²) in [7, 11) is 0. The summed E-state index contributed by atoms with van der Waals surface area (Å²) in [6.45, 7) is 4.65. The van der Waals surface area contributed by atoms with E-state index in [9.17, 15) is 27.9 Å². The van der Waals surface area contributed by atoms with E-state index < -0.39 is 18.6 Å². The number of aryl methyl sites for hydroxylation is 3. The molecular formula is C37H38F3IN4O3S. The monoisotopic (exact) mass is 802 g/mol. The number of nitrogens with zero attached hydrogens (tertiary/aromatic N) is 3. The summed E-state index contributed by atoms with van der Waals surface area (Å²) in [6, 6.07) is 8.08. The predicted molar refractivity (Wildman–Crippen MR) is 192 cm³/mol. The highest BCUT2D eigenvalue weighted by Crippen LogP contribution is 2.85. The molecule has 4 aliphatic carbocycles. The minimum absolute atomic E-state index is 0.00675. The number of rotatable bonds is 8. The topological polar surface area (TPSA) is 97.1 Å². The Labute approximate surface area is 299 Å². The third-order valence-electron chi connectivity index (χ3n) is 12.3. The van der Waals surface area contributed by atoms with Gasteiger partial charge in [0.25, 0.3) is 5.56 Å². The van der Waals surface area contributed by atoms with Crippen molar-refractivity contribution in [1.82, 2.24) is 14.5 Å². The predicted octanol–water partition coefficient (Wildman–Crippen LogP) is 8.81. The number of nitrogens with one attached hydrogen (secondary N) is 1. The van der Waals surface area contributed by atoms with Crippen molar-refractivity contribution < 1.29 is 23.1 Å². The van der Waals surface area contributed by atoms with Gasteiger partial charge in [-0.15, -0.1) is 11.3 Å². The molecule has 49 heavy (non-hydrogen) atoms. The van der Waals surface area contributed by atoms with Crippen LogP contribution in [0.15, 0.2) is 34.4 Å². The third-order valence-corrected chi connectivity index (χ3v) is 13.9.